The fourth-order valence-electron chi connectivity index (χ4n) is 3.29. The van der Waals surface area contributed by atoms with Crippen LogP contribution >= 0.6 is 0 Å². The summed E-state index contributed by atoms with van der Waals surface area (Å²) in [5.74, 6) is 1.67. The first-order chi connectivity index (χ1) is 13.1. The molecule has 3 aromatic rings. The molecule has 1 fully saturated rings. The zero-order chi connectivity index (χ0) is 18.8. The van der Waals surface area contributed by atoms with E-state index in [1.165, 1.54) is 0 Å². The number of hydrogen-bond acceptors (Lipinski definition) is 5. The number of nitrogens with zero attached hydrogens (tertiary/aromatic N) is 6. The van der Waals surface area contributed by atoms with Gasteiger partial charge in [-0.2, -0.15) is 5.10 Å². The molecule has 0 aliphatic carbocycles. The number of aromatic nitrogens is 5. The third-order valence-corrected chi connectivity index (χ3v) is 4.78. The molecule has 27 heavy (non-hydrogen) atoms. The molecule has 1 saturated heterocycles. The summed E-state index contributed by atoms with van der Waals surface area (Å²) in [5.41, 5.74) is 1.98. The van der Waals surface area contributed by atoms with E-state index in [0.29, 0.717) is 19.6 Å². The number of aryl methyl sites for hydroxylation is 2. The molecule has 4 heterocycles. The number of carbonyl (C=O) groups excluding carboxylic acids is 1. The fraction of sp³-hybridized carbons (Fsp3) is 0.368. The molecule has 0 saturated carbocycles. The molecule has 0 aromatic carbocycles. The van der Waals surface area contributed by atoms with Crippen LogP contribution in [-0.4, -0.2) is 49.9 Å². The molecule has 1 aliphatic heterocycles. The van der Waals surface area contributed by atoms with Crippen LogP contribution in [0.15, 0.2) is 43.0 Å². The van der Waals surface area contributed by atoms with E-state index in [0.717, 1.165) is 29.6 Å². The molecular weight excluding hydrogens is 342 g/mol. The van der Waals surface area contributed by atoms with Crippen molar-refractivity contribution in [3.63, 3.8) is 0 Å². The summed E-state index contributed by atoms with van der Waals surface area (Å²) in [7, 11) is 0. The molecule has 1 N–H and O–H groups in total. The topological polar surface area (TPSA) is 80.9 Å². The minimum Gasteiger partial charge on any atom is -0.355 e. The van der Waals surface area contributed by atoms with Crippen molar-refractivity contribution in [1.82, 2.24) is 29.6 Å². The van der Waals surface area contributed by atoms with Crippen molar-refractivity contribution in [2.75, 3.05) is 24.5 Å². The molecular formula is C19H23N7O. The maximum atomic E-state index is 12.3. The van der Waals surface area contributed by atoms with E-state index in [1.807, 2.05) is 55.2 Å². The second-order valence-electron chi connectivity index (χ2n) is 6.89. The van der Waals surface area contributed by atoms with Crippen LogP contribution in [0.4, 0.5) is 5.82 Å². The highest BCUT2D eigenvalue weighted by Gasteiger charge is 2.33. The van der Waals surface area contributed by atoms with E-state index in [2.05, 4.69) is 29.9 Å². The number of hydrogen-bond donors (Lipinski definition) is 1. The number of anilines is 1. The molecule has 0 bridgehead atoms. The van der Waals surface area contributed by atoms with Crippen LogP contribution < -0.4 is 10.2 Å². The van der Waals surface area contributed by atoms with Gasteiger partial charge in [-0.1, -0.05) is 0 Å². The third-order valence-electron chi connectivity index (χ3n) is 4.78. The fourth-order valence-corrected chi connectivity index (χ4v) is 3.29. The molecule has 1 aliphatic rings. The number of carbonyl (C=O) groups is 1. The van der Waals surface area contributed by atoms with Gasteiger partial charge in [-0.05, 0) is 32.0 Å². The monoisotopic (exact) mass is 365 g/mol. The summed E-state index contributed by atoms with van der Waals surface area (Å²) in [6, 6.07) is 7.89. The van der Waals surface area contributed by atoms with Gasteiger partial charge in [-0.25, -0.2) is 14.6 Å². The summed E-state index contributed by atoms with van der Waals surface area (Å²) >= 11 is 0. The first kappa shape index (κ1) is 17.3. The highest BCUT2D eigenvalue weighted by molar-refractivity contribution is 5.81. The Morgan fingerprint density at radius 2 is 1.89 bits per heavy atom. The lowest BCUT2D eigenvalue weighted by molar-refractivity contribution is -0.125. The van der Waals surface area contributed by atoms with Gasteiger partial charge in [0.1, 0.15) is 12.1 Å². The molecule has 8 heteroatoms. The van der Waals surface area contributed by atoms with Gasteiger partial charge in [-0.3, -0.25) is 4.79 Å². The van der Waals surface area contributed by atoms with E-state index < -0.39 is 0 Å². The van der Waals surface area contributed by atoms with Crippen molar-refractivity contribution >= 4 is 11.7 Å². The lowest BCUT2D eigenvalue weighted by Crippen LogP contribution is -2.54. The SMILES string of the molecule is Cc1cc(C)n(-c2cc(N3CC(C(=O)NCCn4cccc4)C3)ncn2)n1. The molecule has 0 atom stereocenters. The Morgan fingerprint density at radius 3 is 2.59 bits per heavy atom. The first-order valence-corrected chi connectivity index (χ1v) is 9.09. The van der Waals surface area contributed by atoms with Crippen molar-refractivity contribution in [2.24, 2.45) is 5.92 Å². The highest BCUT2D eigenvalue weighted by Crippen LogP contribution is 2.24. The van der Waals surface area contributed by atoms with Crippen molar-refractivity contribution in [3.8, 4) is 5.82 Å². The summed E-state index contributed by atoms with van der Waals surface area (Å²) in [5, 5.41) is 7.47. The smallest absolute Gasteiger partial charge is 0.226 e. The van der Waals surface area contributed by atoms with Gasteiger partial charge < -0.3 is 14.8 Å². The Hall–Kier alpha value is -3.16. The lowest BCUT2D eigenvalue weighted by Gasteiger charge is -2.39. The van der Waals surface area contributed by atoms with E-state index >= 15 is 0 Å². The van der Waals surface area contributed by atoms with Crippen LogP contribution in [-0.2, 0) is 11.3 Å². The summed E-state index contributed by atoms with van der Waals surface area (Å²) in [6.45, 7) is 6.72. The average Bonchev–Trinajstić information content (AvgIpc) is 3.23. The predicted octanol–water partition coefficient (Wildman–Crippen LogP) is 1.33. The molecule has 0 spiro atoms. The summed E-state index contributed by atoms with van der Waals surface area (Å²) in [4.78, 5) is 23.0. The molecule has 0 radical (unpaired) electrons. The first-order valence-electron chi connectivity index (χ1n) is 9.09. The van der Waals surface area contributed by atoms with Crippen LogP contribution in [0.25, 0.3) is 5.82 Å². The van der Waals surface area contributed by atoms with Gasteiger partial charge >= 0.3 is 0 Å². The van der Waals surface area contributed by atoms with E-state index in [9.17, 15) is 4.79 Å². The van der Waals surface area contributed by atoms with Crippen LogP contribution in [0.3, 0.4) is 0 Å². The quantitative estimate of drug-likeness (QED) is 0.713. The molecule has 8 nitrogen and oxygen atoms in total. The minimum atomic E-state index is 0.00163. The van der Waals surface area contributed by atoms with E-state index in [-0.39, 0.29) is 11.8 Å². The second-order valence-corrected chi connectivity index (χ2v) is 6.89. The minimum absolute atomic E-state index is 0.00163. The van der Waals surface area contributed by atoms with Crippen molar-refractivity contribution in [1.29, 1.82) is 0 Å². The zero-order valence-electron chi connectivity index (χ0n) is 15.5. The normalized spacial score (nSPS) is 14.2. The summed E-state index contributed by atoms with van der Waals surface area (Å²) in [6.07, 6.45) is 5.53. The van der Waals surface area contributed by atoms with Gasteiger partial charge in [0.05, 0.1) is 11.6 Å². The Morgan fingerprint density at radius 1 is 1.15 bits per heavy atom. The van der Waals surface area contributed by atoms with Crippen molar-refractivity contribution in [2.45, 2.75) is 20.4 Å². The highest BCUT2D eigenvalue weighted by atomic mass is 16.2. The third kappa shape index (κ3) is 3.69. The number of amides is 1. The molecule has 1 amide bonds. The van der Waals surface area contributed by atoms with Crippen LogP contribution in [0.5, 0.6) is 0 Å². The zero-order valence-corrected chi connectivity index (χ0v) is 15.5. The van der Waals surface area contributed by atoms with Gasteiger partial charge in [-0.15, -0.1) is 0 Å². The summed E-state index contributed by atoms with van der Waals surface area (Å²) < 4.78 is 3.86. The lowest BCUT2D eigenvalue weighted by atomic mass is 9.99. The molecule has 4 rings (SSSR count). The van der Waals surface area contributed by atoms with Crippen LogP contribution in [0, 0.1) is 19.8 Å². The Labute approximate surface area is 157 Å². The van der Waals surface area contributed by atoms with Crippen LogP contribution in [0.2, 0.25) is 0 Å². The molecule has 140 valence electrons. The van der Waals surface area contributed by atoms with Gasteiger partial charge in [0.2, 0.25) is 5.91 Å². The van der Waals surface area contributed by atoms with Gasteiger partial charge in [0, 0.05) is 50.3 Å². The molecule has 0 unspecified atom stereocenters. The van der Waals surface area contributed by atoms with Crippen LogP contribution in [0.1, 0.15) is 11.4 Å². The Bertz CT molecular complexity index is 925. The van der Waals surface area contributed by atoms with Crippen molar-refractivity contribution < 1.29 is 4.79 Å². The van der Waals surface area contributed by atoms with E-state index in [4.69, 9.17) is 0 Å². The average molecular weight is 365 g/mol. The predicted molar refractivity (Wildman–Crippen MR) is 102 cm³/mol. The Balaban J connectivity index is 1.32. The Kier molecular flexibility index (Phi) is 4.62. The van der Waals surface area contributed by atoms with Crippen molar-refractivity contribution in [3.05, 3.63) is 54.4 Å². The number of nitrogens with one attached hydrogen (secondary N) is 1. The van der Waals surface area contributed by atoms with Gasteiger partial charge in [0.25, 0.3) is 0 Å². The second kappa shape index (κ2) is 7.22. The standard InChI is InChI=1S/C19H23N7O/c1-14-9-15(2)26(23-14)18-10-17(21-13-22-18)25-11-16(12-25)19(27)20-5-8-24-6-3-4-7-24/h3-4,6-7,9-10,13,16H,5,8,11-12H2,1-2H3,(H,20,27). The maximum Gasteiger partial charge on any atom is 0.226 e. The maximum absolute atomic E-state index is 12.3. The van der Waals surface area contributed by atoms with E-state index in [1.54, 1.807) is 6.33 Å². The number of rotatable bonds is 6. The molecule has 3 aromatic heterocycles. The van der Waals surface area contributed by atoms with Gasteiger partial charge in [0.15, 0.2) is 5.82 Å². The largest absolute Gasteiger partial charge is 0.355 e.